The number of nitrogens with zero attached hydrogens (tertiary/aromatic N) is 4. The molecule has 1 aliphatic rings. The molecule has 2 heterocycles. The summed E-state index contributed by atoms with van der Waals surface area (Å²) in [7, 11) is 0. The van der Waals surface area contributed by atoms with Gasteiger partial charge in [0, 0.05) is 38.0 Å². The first-order valence-corrected chi connectivity index (χ1v) is 9.39. The van der Waals surface area contributed by atoms with Gasteiger partial charge in [0.15, 0.2) is 0 Å². The highest BCUT2D eigenvalue weighted by Gasteiger charge is 2.25. The van der Waals surface area contributed by atoms with Crippen molar-refractivity contribution in [2.45, 2.75) is 38.3 Å². The molecule has 0 radical (unpaired) electrons. The largest absolute Gasteiger partial charge is 0.354 e. The molecule has 144 valence electrons. The van der Waals surface area contributed by atoms with Crippen LogP contribution >= 0.6 is 0 Å². The van der Waals surface area contributed by atoms with Gasteiger partial charge in [0.1, 0.15) is 0 Å². The number of para-hydroxylation sites is 1. The highest BCUT2D eigenvalue weighted by atomic mass is 16.2. The molecule has 0 aliphatic heterocycles. The Labute approximate surface area is 160 Å². The van der Waals surface area contributed by atoms with E-state index in [-0.39, 0.29) is 30.0 Å². The maximum absolute atomic E-state index is 12.4. The Kier molecular flexibility index (Phi) is 5.01. The summed E-state index contributed by atoms with van der Waals surface area (Å²) < 4.78 is 2.93. The Bertz CT molecular complexity index is 1130. The number of amides is 1. The second kappa shape index (κ2) is 7.75. The molecule has 8 nitrogen and oxygen atoms in total. The fraction of sp³-hybridized carbons (Fsp3) is 0.350. The minimum Gasteiger partial charge on any atom is -0.354 e. The second-order valence-electron chi connectivity index (χ2n) is 6.98. The lowest BCUT2D eigenvalue weighted by atomic mass is 10.2. The van der Waals surface area contributed by atoms with Crippen LogP contribution in [0.15, 0.2) is 52.6 Å². The van der Waals surface area contributed by atoms with Gasteiger partial charge in [-0.1, -0.05) is 12.1 Å². The van der Waals surface area contributed by atoms with Gasteiger partial charge in [0.05, 0.1) is 29.3 Å². The lowest BCUT2D eigenvalue weighted by Crippen LogP contribution is -2.32. The number of carbonyl (C=O) groups is 1. The zero-order valence-corrected chi connectivity index (χ0v) is 15.4. The van der Waals surface area contributed by atoms with Gasteiger partial charge in [-0.3, -0.25) is 23.5 Å². The van der Waals surface area contributed by atoms with E-state index in [1.165, 1.54) is 15.5 Å². The predicted octanol–water partition coefficient (Wildman–Crippen LogP) is 1.04. The molecule has 0 saturated heterocycles. The molecule has 2 aromatic heterocycles. The summed E-state index contributed by atoms with van der Waals surface area (Å²) in [5, 5.41) is 3.31. The monoisotopic (exact) mass is 379 g/mol. The third kappa shape index (κ3) is 4.00. The third-order valence-electron chi connectivity index (χ3n) is 4.88. The van der Waals surface area contributed by atoms with Gasteiger partial charge >= 0.3 is 0 Å². The fourth-order valence-corrected chi connectivity index (χ4v) is 3.10. The number of aryl methyl sites for hydroxylation is 1. The first-order chi connectivity index (χ1) is 13.6. The fourth-order valence-electron chi connectivity index (χ4n) is 3.10. The van der Waals surface area contributed by atoms with Crippen molar-refractivity contribution < 1.29 is 4.79 Å². The van der Waals surface area contributed by atoms with Crippen molar-refractivity contribution in [1.82, 2.24) is 24.4 Å². The SMILES string of the molecule is O=C(CCn1cnc2ccccc2c1=O)NCCn1cnc(C2CC2)cc1=O. The molecule has 3 aromatic rings. The van der Waals surface area contributed by atoms with Crippen LogP contribution in [0.4, 0.5) is 0 Å². The van der Waals surface area contributed by atoms with Crippen molar-refractivity contribution >= 4 is 16.8 Å². The molecule has 1 saturated carbocycles. The van der Waals surface area contributed by atoms with E-state index in [1.807, 2.05) is 6.07 Å². The summed E-state index contributed by atoms with van der Waals surface area (Å²) in [5.74, 6) is 0.255. The van der Waals surface area contributed by atoms with Crippen LogP contribution in [0.2, 0.25) is 0 Å². The lowest BCUT2D eigenvalue weighted by molar-refractivity contribution is -0.121. The molecule has 8 heteroatoms. The summed E-state index contributed by atoms with van der Waals surface area (Å²) in [6.45, 7) is 0.939. The molecule has 1 N–H and O–H groups in total. The number of hydrogen-bond donors (Lipinski definition) is 1. The minimum atomic E-state index is -0.185. The van der Waals surface area contributed by atoms with Crippen LogP contribution in [-0.2, 0) is 17.9 Å². The van der Waals surface area contributed by atoms with Gasteiger partial charge in [-0.05, 0) is 25.0 Å². The molecular formula is C20H21N5O3. The Balaban J connectivity index is 1.29. The normalized spacial score (nSPS) is 13.6. The summed E-state index contributed by atoms with van der Waals surface area (Å²) in [6, 6.07) is 8.70. The van der Waals surface area contributed by atoms with Crippen molar-refractivity contribution in [3.05, 3.63) is 69.4 Å². The predicted molar refractivity (Wildman–Crippen MR) is 104 cm³/mol. The Morgan fingerprint density at radius 2 is 1.86 bits per heavy atom. The van der Waals surface area contributed by atoms with E-state index in [9.17, 15) is 14.4 Å². The van der Waals surface area contributed by atoms with Crippen molar-refractivity contribution in [2.75, 3.05) is 6.54 Å². The zero-order chi connectivity index (χ0) is 19.5. The van der Waals surface area contributed by atoms with E-state index in [2.05, 4.69) is 15.3 Å². The Hall–Kier alpha value is -3.29. The number of carbonyl (C=O) groups excluding carboxylic acids is 1. The van der Waals surface area contributed by atoms with Gasteiger partial charge in [0.25, 0.3) is 11.1 Å². The quantitative estimate of drug-likeness (QED) is 0.661. The average Bonchev–Trinajstić information content (AvgIpc) is 3.54. The highest BCUT2D eigenvalue weighted by molar-refractivity contribution is 5.77. The van der Waals surface area contributed by atoms with E-state index < -0.39 is 0 Å². The summed E-state index contributed by atoms with van der Waals surface area (Å²) in [6.07, 6.45) is 5.37. The molecule has 1 amide bonds. The van der Waals surface area contributed by atoms with Crippen LogP contribution in [0.1, 0.15) is 30.9 Å². The molecule has 0 unspecified atom stereocenters. The van der Waals surface area contributed by atoms with Gasteiger partial charge in [-0.15, -0.1) is 0 Å². The van der Waals surface area contributed by atoms with Crippen molar-refractivity contribution in [3.63, 3.8) is 0 Å². The van der Waals surface area contributed by atoms with E-state index in [0.717, 1.165) is 18.5 Å². The molecule has 28 heavy (non-hydrogen) atoms. The maximum atomic E-state index is 12.4. The van der Waals surface area contributed by atoms with Crippen molar-refractivity contribution in [1.29, 1.82) is 0 Å². The molecule has 1 aliphatic carbocycles. The Morgan fingerprint density at radius 1 is 1.07 bits per heavy atom. The molecular weight excluding hydrogens is 358 g/mol. The molecule has 0 spiro atoms. The smallest absolute Gasteiger partial charge is 0.261 e. The second-order valence-corrected chi connectivity index (χ2v) is 6.98. The summed E-state index contributed by atoms with van der Waals surface area (Å²) in [4.78, 5) is 45.1. The van der Waals surface area contributed by atoms with E-state index >= 15 is 0 Å². The number of hydrogen-bond acceptors (Lipinski definition) is 5. The lowest BCUT2D eigenvalue weighted by Gasteiger charge is -2.09. The number of rotatable bonds is 7. The van der Waals surface area contributed by atoms with Gasteiger partial charge in [0.2, 0.25) is 5.91 Å². The zero-order valence-electron chi connectivity index (χ0n) is 15.4. The first-order valence-electron chi connectivity index (χ1n) is 9.39. The highest BCUT2D eigenvalue weighted by Crippen LogP contribution is 2.38. The van der Waals surface area contributed by atoms with Crippen molar-refractivity contribution in [2.24, 2.45) is 0 Å². The molecule has 4 rings (SSSR count). The number of aromatic nitrogens is 4. The van der Waals surface area contributed by atoms with Gasteiger partial charge < -0.3 is 5.32 Å². The number of nitrogens with one attached hydrogen (secondary N) is 1. The molecule has 0 bridgehead atoms. The minimum absolute atomic E-state index is 0.0973. The van der Waals surface area contributed by atoms with Gasteiger partial charge in [-0.25, -0.2) is 9.97 Å². The maximum Gasteiger partial charge on any atom is 0.261 e. The van der Waals surface area contributed by atoms with Crippen LogP contribution in [0.5, 0.6) is 0 Å². The van der Waals surface area contributed by atoms with Crippen LogP contribution in [0.25, 0.3) is 10.9 Å². The number of benzene rings is 1. The average molecular weight is 379 g/mol. The van der Waals surface area contributed by atoms with Gasteiger partial charge in [-0.2, -0.15) is 0 Å². The molecule has 1 fully saturated rings. The van der Waals surface area contributed by atoms with Crippen LogP contribution in [0, 0.1) is 0 Å². The van der Waals surface area contributed by atoms with E-state index in [0.29, 0.717) is 29.9 Å². The molecule has 1 aromatic carbocycles. The van der Waals surface area contributed by atoms with E-state index in [4.69, 9.17) is 0 Å². The summed E-state index contributed by atoms with van der Waals surface area (Å²) >= 11 is 0. The standard InChI is InChI=1S/C20H21N5O3/c26-18(7-9-25-13-22-16-4-2-1-3-15(16)20(25)28)21-8-10-24-12-23-17(11-19(24)27)14-5-6-14/h1-4,11-14H,5-10H2,(H,21,26). The van der Waals surface area contributed by atoms with Crippen LogP contribution in [-0.4, -0.2) is 31.6 Å². The third-order valence-corrected chi connectivity index (χ3v) is 4.88. The first kappa shape index (κ1) is 18.1. The van der Waals surface area contributed by atoms with E-state index in [1.54, 1.807) is 30.6 Å². The summed E-state index contributed by atoms with van der Waals surface area (Å²) in [5.41, 5.74) is 1.24. The Morgan fingerprint density at radius 3 is 2.64 bits per heavy atom. The van der Waals surface area contributed by atoms with Crippen LogP contribution < -0.4 is 16.4 Å². The van der Waals surface area contributed by atoms with Crippen molar-refractivity contribution in [3.8, 4) is 0 Å². The van der Waals surface area contributed by atoms with Crippen LogP contribution in [0.3, 0.4) is 0 Å². The molecule has 0 atom stereocenters. The topological polar surface area (TPSA) is 98.9 Å². The number of fused-ring (bicyclic) bond motifs is 1.